The standard InChI is InChI=1S/C16H23N3OS.ClH/c1-3-8-19(13-6-7-17-10-13)11-14-12(2)20-16(18-14)15-5-4-9-21-15;/h4-5,9,13,17H,3,6-8,10-11H2,1-2H3;1H. The van der Waals surface area contributed by atoms with Crippen molar-refractivity contribution in [1.29, 1.82) is 0 Å². The summed E-state index contributed by atoms with van der Waals surface area (Å²) in [5.74, 6) is 1.71. The van der Waals surface area contributed by atoms with Gasteiger partial charge in [0.2, 0.25) is 5.89 Å². The number of hydrogen-bond donors (Lipinski definition) is 1. The molecule has 6 heteroatoms. The van der Waals surface area contributed by atoms with E-state index in [1.807, 2.05) is 13.0 Å². The number of aromatic nitrogens is 1. The predicted molar refractivity (Wildman–Crippen MR) is 93.8 cm³/mol. The fourth-order valence-corrected chi connectivity index (χ4v) is 3.55. The van der Waals surface area contributed by atoms with Crippen molar-refractivity contribution in [2.45, 2.75) is 39.3 Å². The molecule has 22 heavy (non-hydrogen) atoms. The van der Waals surface area contributed by atoms with Crippen LogP contribution in [0.3, 0.4) is 0 Å². The van der Waals surface area contributed by atoms with Crippen LogP contribution in [0.25, 0.3) is 10.8 Å². The summed E-state index contributed by atoms with van der Waals surface area (Å²) < 4.78 is 5.86. The van der Waals surface area contributed by atoms with E-state index in [-0.39, 0.29) is 12.4 Å². The zero-order chi connectivity index (χ0) is 14.7. The molecule has 0 aliphatic carbocycles. The summed E-state index contributed by atoms with van der Waals surface area (Å²) in [5, 5.41) is 5.51. The first-order valence-corrected chi connectivity index (χ1v) is 8.61. The summed E-state index contributed by atoms with van der Waals surface area (Å²) in [7, 11) is 0. The lowest BCUT2D eigenvalue weighted by atomic mass is 10.2. The molecule has 2 aromatic rings. The highest BCUT2D eigenvalue weighted by Crippen LogP contribution is 2.27. The van der Waals surface area contributed by atoms with Crippen LogP contribution in [0.5, 0.6) is 0 Å². The van der Waals surface area contributed by atoms with Gasteiger partial charge in [-0.05, 0) is 44.3 Å². The van der Waals surface area contributed by atoms with E-state index < -0.39 is 0 Å². The number of nitrogens with zero attached hydrogens (tertiary/aromatic N) is 2. The van der Waals surface area contributed by atoms with Crippen LogP contribution in [-0.2, 0) is 6.54 Å². The molecule has 3 heterocycles. The quantitative estimate of drug-likeness (QED) is 0.869. The minimum atomic E-state index is 0. The maximum atomic E-state index is 5.86. The van der Waals surface area contributed by atoms with Crippen LogP contribution in [0, 0.1) is 6.92 Å². The molecule has 1 aliphatic rings. The second-order valence-electron chi connectivity index (χ2n) is 5.62. The monoisotopic (exact) mass is 341 g/mol. The number of halogens is 1. The molecule has 0 aromatic carbocycles. The number of oxazole rings is 1. The van der Waals surface area contributed by atoms with Crippen LogP contribution < -0.4 is 5.32 Å². The van der Waals surface area contributed by atoms with Crippen molar-refractivity contribution >= 4 is 23.7 Å². The molecular weight excluding hydrogens is 318 g/mol. The molecule has 4 nitrogen and oxygen atoms in total. The lowest BCUT2D eigenvalue weighted by molar-refractivity contribution is 0.196. The Hall–Kier alpha value is -0.880. The largest absolute Gasteiger partial charge is 0.440 e. The summed E-state index contributed by atoms with van der Waals surface area (Å²) in [6.07, 6.45) is 2.40. The SMILES string of the molecule is CCCN(Cc1nc(-c2cccs2)oc1C)C1CCNC1.Cl. The number of hydrogen-bond acceptors (Lipinski definition) is 5. The molecule has 1 saturated heterocycles. The fourth-order valence-electron chi connectivity index (χ4n) is 2.90. The van der Waals surface area contributed by atoms with Gasteiger partial charge >= 0.3 is 0 Å². The van der Waals surface area contributed by atoms with E-state index in [0.29, 0.717) is 6.04 Å². The van der Waals surface area contributed by atoms with E-state index in [4.69, 9.17) is 9.40 Å². The average molecular weight is 342 g/mol. The number of aryl methyl sites for hydroxylation is 1. The van der Waals surface area contributed by atoms with Crippen LogP contribution in [0.4, 0.5) is 0 Å². The lowest BCUT2D eigenvalue weighted by Gasteiger charge is -2.27. The molecule has 1 fully saturated rings. The minimum absolute atomic E-state index is 0. The van der Waals surface area contributed by atoms with Gasteiger partial charge in [-0.2, -0.15) is 0 Å². The van der Waals surface area contributed by atoms with Crippen molar-refractivity contribution in [2.24, 2.45) is 0 Å². The van der Waals surface area contributed by atoms with Gasteiger partial charge in [-0.1, -0.05) is 13.0 Å². The number of rotatable bonds is 6. The fraction of sp³-hybridized carbons (Fsp3) is 0.562. The third kappa shape index (κ3) is 3.90. The normalized spacial score (nSPS) is 17.9. The Bertz CT molecular complexity index is 564. The summed E-state index contributed by atoms with van der Waals surface area (Å²) in [4.78, 5) is 8.38. The smallest absolute Gasteiger partial charge is 0.236 e. The van der Waals surface area contributed by atoms with Crippen molar-refractivity contribution in [3.05, 3.63) is 29.0 Å². The maximum Gasteiger partial charge on any atom is 0.236 e. The van der Waals surface area contributed by atoms with Gasteiger partial charge in [0.25, 0.3) is 0 Å². The van der Waals surface area contributed by atoms with Crippen LogP contribution in [0.1, 0.15) is 31.2 Å². The van der Waals surface area contributed by atoms with Gasteiger partial charge < -0.3 is 9.73 Å². The minimum Gasteiger partial charge on any atom is -0.440 e. The Labute approximate surface area is 142 Å². The molecule has 0 amide bonds. The third-order valence-electron chi connectivity index (χ3n) is 4.04. The molecule has 0 radical (unpaired) electrons. The zero-order valence-corrected chi connectivity index (χ0v) is 14.8. The Morgan fingerprint density at radius 1 is 1.50 bits per heavy atom. The Morgan fingerprint density at radius 3 is 3.00 bits per heavy atom. The van der Waals surface area contributed by atoms with E-state index in [9.17, 15) is 0 Å². The molecule has 1 atom stereocenters. The van der Waals surface area contributed by atoms with Crippen molar-refractivity contribution in [2.75, 3.05) is 19.6 Å². The first-order chi connectivity index (χ1) is 10.3. The number of nitrogens with one attached hydrogen (secondary N) is 1. The maximum absolute atomic E-state index is 5.86. The van der Waals surface area contributed by atoms with Crippen molar-refractivity contribution in [3.63, 3.8) is 0 Å². The Morgan fingerprint density at radius 2 is 2.36 bits per heavy atom. The van der Waals surface area contributed by atoms with Gasteiger partial charge in [0.05, 0.1) is 10.6 Å². The molecule has 1 unspecified atom stereocenters. The van der Waals surface area contributed by atoms with Crippen molar-refractivity contribution < 1.29 is 4.42 Å². The van der Waals surface area contributed by atoms with Crippen LogP contribution >= 0.6 is 23.7 Å². The molecular formula is C16H24ClN3OS. The molecule has 0 spiro atoms. The molecule has 0 saturated carbocycles. The topological polar surface area (TPSA) is 41.3 Å². The second-order valence-corrected chi connectivity index (χ2v) is 6.56. The van der Waals surface area contributed by atoms with Gasteiger partial charge in [-0.3, -0.25) is 4.90 Å². The van der Waals surface area contributed by atoms with Gasteiger partial charge in [-0.15, -0.1) is 23.7 Å². The van der Waals surface area contributed by atoms with Crippen LogP contribution in [0.15, 0.2) is 21.9 Å². The molecule has 0 bridgehead atoms. The first-order valence-electron chi connectivity index (χ1n) is 7.73. The second kappa shape index (κ2) is 8.11. The van der Waals surface area contributed by atoms with E-state index in [2.05, 4.69) is 28.6 Å². The highest BCUT2D eigenvalue weighted by molar-refractivity contribution is 7.13. The Balaban J connectivity index is 0.00000176. The van der Waals surface area contributed by atoms with Crippen molar-refractivity contribution in [3.8, 4) is 10.8 Å². The summed E-state index contributed by atoms with van der Waals surface area (Å²) in [6.45, 7) is 8.49. The van der Waals surface area contributed by atoms with Gasteiger partial charge in [0.15, 0.2) is 0 Å². The average Bonchev–Trinajstić information content (AvgIpc) is 3.20. The van der Waals surface area contributed by atoms with E-state index in [1.165, 1.54) is 12.8 Å². The summed E-state index contributed by atoms with van der Waals surface area (Å²) in [5.41, 5.74) is 1.08. The van der Waals surface area contributed by atoms with E-state index in [0.717, 1.165) is 48.4 Å². The predicted octanol–water partition coefficient (Wildman–Crippen LogP) is 3.71. The summed E-state index contributed by atoms with van der Waals surface area (Å²) in [6, 6.07) is 4.73. The zero-order valence-electron chi connectivity index (χ0n) is 13.2. The Kier molecular flexibility index (Phi) is 6.44. The first kappa shape index (κ1) is 17.5. The summed E-state index contributed by atoms with van der Waals surface area (Å²) >= 11 is 1.67. The van der Waals surface area contributed by atoms with Crippen molar-refractivity contribution in [1.82, 2.24) is 15.2 Å². The van der Waals surface area contributed by atoms with Gasteiger partial charge in [-0.25, -0.2) is 4.98 Å². The number of thiophene rings is 1. The van der Waals surface area contributed by atoms with Crippen LogP contribution in [-0.4, -0.2) is 35.6 Å². The molecule has 1 N–H and O–H groups in total. The van der Waals surface area contributed by atoms with Gasteiger partial charge in [0, 0.05) is 19.1 Å². The van der Waals surface area contributed by atoms with Crippen LogP contribution in [0.2, 0.25) is 0 Å². The lowest BCUT2D eigenvalue weighted by Crippen LogP contribution is -2.37. The molecule has 1 aliphatic heterocycles. The highest BCUT2D eigenvalue weighted by Gasteiger charge is 2.24. The molecule has 2 aromatic heterocycles. The van der Waals surface area contributed by atoms with Gasteiger partial charge in [0.1, 0.15) is 5.76 Å². The molecule has 3 rings (SSSR count). The highest BCUT2D eigenvalue weighted by atomic mass is 35.5. The molecule has 122 valence electrons. The van der Waals surface area contributed by atoms with E-state index >= 15 is 0 Å². The van der Waals surface area contributed by atoms with E-state index in [1.54, 1.807) is 11.3 Å². The third-order valence-corrected chi connectivity index (χ3v) is 4.90.